The molecule has 0 aromatic rings. The molecule has 0 fully saturated rings. The Morgan fingerprint density at radius 3 is 1.80 bits per heavy atom. The van der Waals surface area contributed by atoms with Crippen molar-refractivity contribution in [1.29, 1.82) is 0 Å². The van der Waals surface area contributed by atoms with Gasteiger partial charge in [0.25, 0.3) is 0 Å². The molecule has 3 nitrogen and oxygen atoms in total. The molecule has 0 unspecified atom stereocenters. The van der Waals surface area contributed by atoms with Crippen molar-refractivity contribution in [3.8, 4) is 0 Å². The molecule has 0 atom stereocenters. The molecular formula is H5MgO3P. The molecular weight excluding hydrogens is 103 g/mol. The molecule has 0 bridgehead atoms. The number of rotatable bonds is 0. The third kappa shape index (κ3) is 60.1. The van der Waals surface area contributed by atoms with Crippen LogP contribution in [0.4, 0.5) is 0 Å². The fraction of sp³-hybridized carbons (Fsp3) is 0. The van der Waals surface area contributed by atoms with Gasteiger partial charge in [-0.15, -0.1) is 0 Å². The summed E-state index contributed by atoms with van der Waals surface area (Å²) in [6.45, 7) is 0. The van der Waals surface area contributed by atoms with E-state index < -0.39 is 8.69 Å². The van der Waals surface area contributed by atoms with Gasteiger partial charge < -0.3 is 13.2 Å². The Morgan fingerprint density at radius 1 is 1.80 bits per heavy atom. The fourth-order valence-corrected chi connectivity index (χ4v) is 0. The van der Waals surface area contributed by atoms with Crippen molar-refractivity contribution < 1.29 is 17.8 Å². The third-order valence-electron chi connectivity index (χ3n) is 0. The van der Waals surface area contributed by atoms with Gasteiger partial charge in [0.2, 0.25) is 0 Å². The molecule has 0 amide bonds. The summed E-state index contributed by atoms with van der Waals surface area (Å²) in [5.41, 5.74) is 0. The minimum Gasteiger partial charge on any atom is -1.00 e. The maximum Gasteiger partial charge on any atom is 2.00 e. The van der Waals surface area contributed by atoms with E-state index in [2.05, 4.69) is 0 Å². The Kier molecular flexibility index (Phi) is 73.4. The van der Waals surface area contributed by atoms with E-state index in [1.165, 1.54) is 0 Å². The van der Waals surface area contributed by atoms with Gasteiger partial charge in [0.05, 0.1) is 0 Å². The molecule has 0 rings (SSSR count). The second-order valence-electron chi connectivity index (χ2n) is 0.0816. The molecule has 0 saturated carbocycles. The molecule has 0 spiro atoms. The molecule has 5 heavy (non-hydrogen) atoms. The van der Waals surface area contributed by atoms with Crippen molar-refractivity contribution >= 4 is 31.7 Å². The molecule has 0 aliphatic heterocycles. The molecule has 0 heterocycles. The van der Waals surface area contributed by atoms with Crippen molar-refractivity contribution in [2.24, 2.45) is 0 Å². The minimum absolute atomic E-state index is 0. The van der Waals surface area contributed by atoms with E-state index in [-0.39, 0.29) is 31.4 Å². The Morgan fingerprint density at radius 2 is 1.80 bits per heavy atom. The Bertz CT molecular complexity index is 20.4. The smallest absolute Gasteiger partial charge is 1.00 e. The summed E-state index contributed by atoms with van der Waals surface area (Å²) in [6.07, 6.45) is 0. The third-order valence-corrected chi connectivity index (χ3v) is 0. The first-order valence-electron chi connectivity index (χ1n) is 0.383. The second-order valence-corrected chi connectivity index (χ2v) is 0.245. The summed E-state index contributed by atoms with van der Waals surface area (Å²) in [5, 5.41) is 0. The number of hydrogen-bond donors (Lipinski definition) is 1. The van der Waals surface area contributed by atoms with Crippen LogP contribution >= 0.6 is 8.69 Å². The van der Waals surface area contributed by atoms with E-state index in [1.54, 1.807) is 0 Å². The number of hydrogen-bond acceptors (Lipinski definition) is 1. The first-order chi connectivity index (χ1) is 1.41. The summed E-state index contributed by atoms with van der Waals surface area (Å²) >= 11 is 0. The van der Waals surface area contributed by atoms with E-state index in [0.717, 1.165) is 0 Å². The van der Waals surface area contributed by atoms with Crippen molar-refractivity contribution in [2.45, 2.75) is 0 Å². The van der Waals surface area contributed by atoms with E-state index in [0.29, 0.717) is 0 Å². The maximum absolute atomic E-state index is 8.46. The summed E-state index contributed by atoms with van der Waals surface area (Å²) in [6, 6.07) is 0. The summed E-state index contributed by atoms with van der Waals surface area (Å²) < 4.78 is 8.46. The predicted octanol–water partition coefficient (Wildman–Crippen LogP) is -0.795. The van der Waals surface area contributed by atoms with E-state index in [9.17, 15) is 0 Å². The molecule has 3 N–H and O–H groups in total. The van der Waals surface area contributed by atoms with Crippen LogP contribution < -0.4 is 0 Å². The van der Waals surface area contributed by atoms with Crippen molar-refractivity contribution in [1.82, 2.24) is 0 Å². The van der Waals surface area contributed by atoms with E-state index >= 15 is 0 Å². The molecule has 5 heteroatoms. The zero-order valence-corrected chi connectivity index (χ0v) is 4.82. The Hall–Kier alpha value is 0.786. The molecule has 0 aromatic heterocycles. The Labute approximate surface area is 50.1 Å². The first-order valence-corrected chi connectivity index (χ1v) is 1.15. The quantitative estimate of drug-likeness (QED) is 0.326. The van der Waals surface area contributed by atoms with Gasteiger partial charge in [-0.25, -0.2) is 4.57 Å². The van der Waals surface area contributed by atoms with Gasteiger partial charge >= 0.3 is 31.7 Å². The van der Waals surface area contributed by atoms with Gasteiger partial charge in [-0.3, -0.25) is 0 Å². The first kappa shape index (κ1) is 17.1. The van der Waals surface area contributed by atoms with Crippen molar-refractivity contribution in [2.75, 3.05) is 0 Å². The van der Waals surface area contributed by atoms with Gasteiger partial charge in [0.1, 0.15) is 0 Å². The molecule has 0 aromatic carbocycles. The van der Waals surface area contributed by atoms with Gasteiger partial charge in [0.15, 0.2) is 0 Å². The van der Waals surface area contributed by atoms with Crippen LogP contribution in [0.25, 0.3) is 0 Å². The van der Waals surface area contributed by atoms with Crippen molar-refractivity contribution in [3.05, 3.63) is 0 Å². The summed E-state index contributed by atoms with van der Waals surface area (Å²) in [4.78, 5) is 6.99. The topological polar surface area (TPSA) is 68.8 Å². The zero-order chi connectivity index (χ0) is 2.71. The molecule has 0 aliphatic carbocycles. The average molecular weight is 108 g/mol. The summed E-state index contributed by atoms with van der Waals surface area (Å²) in [5.74, 6) is 0. The molecule has 0 radical (unpaired) electrons. The predicted molar refractivity (Wildman–Crippen MR) is 21.4 cm³/mol. The molecule has 30 valence electrons. The van der Waals surface area contributed by atoms with Gasteiger partial charge in [-0.05, 0) is 0 Å². The van der Waals surface area contributed by atoms with Crippen LogP contribution in [0, 0.1) is 0 Å². The Balaban J connectivity index is -0.00000000333. The monoisotopic (exact) mass is 108 g/mol. The van der Waals surface area contributed by atoms with Gasteiger partial charge in [-0.1, -0.05) is 0 Å². The average Bonchev–Trinajstić information content (AvgIpc) is 0.918. The second kappa shape index (κ2) is 21.5. The van der Waals surface area contributed by atoms with Crippen LogP contribution in [-0.2, 0) is 4.57 Å². The van der Waals surface area contributed by atoms with Crippen molar-refractivity contribution in [3.63, 3.8) is 0 Å². The summed E-state index contributed by atoms with van der Waals surface area (Å²) in [7, 11) is -0.833. The van der Waals surface area contributed by atoms with Gasteiger partial charge in [0, 0.05) is 0 Å². The van der Waals surface area contributed by atoms with E-state index in [1.807, 2.05) is 0 Å². The van der Waals surface area contributed by atoms with Crippen LogP contribution in [0.5, 0.6) is 0 Å². The molecule has 0 aliphatic rings. The van der Waals surface area contributed by atoms with Crippen LogP contribution in [-0.4, -0.2) is 33.4 Å². The van der Waals surface area contributed by atoms with Crippen LogP contribution in [0.1, 0.15) is 2.85 Å². The molecule has 0 saturated heterocycles. The van der Waals surface area contributed by atoms with Gasteiger partial charge in [-0.2, -0.15) is 0 Å². The van der Waals surface area contributed by atoms with Crippen LogP contribution in [0.15, 0.2) is 0 Å². The fourth-order valence-electron chi connectivity index (χ4n) is 0. The SMILES string of the molecule is O.O=PO.[H-].[H-].[Mg+2]. The van der Waals surface area contributed by atoms with E-state index in [4.69, 9.17) is 9.46 Å². The normalized spacial score (nSPS) is 4.20. The maximum atomic E-state index is 8.46. The minimum atomic E-state index is -0.833. The zero-order valence-electron chi connectivity index (χ0n) is 4.51. The van der Waals surface area contributed by atoms with Crippen LogP contribution in [0.3, 0.4) is 0 Å². The van der Waals surface area contributed by atoms with Crippen LogP contribution in [0.2, 0.25) is 0 Å². The largest absolute Gasteiger partial charge is 2.00 e. The standard InChI is InChI=1S/Mg.HO2P.H2O.2H/c;1-3-2;;;/h;(H,1,2);1H2;;/q+2;;;2*-1.